The SMILES string of the molecule is C[C@]12CCC(=O)C=C1C[C@@H](C#N)C1C2=CC[C@@]2(C)C1[C@@H]1C[C@@H]1[C@@]2(O)CO. The van der Waals surface area contributed by atoms with Gasteiger partial charge in [0.25, 0.3) is 0 Å². The summed E-state index contributed by atoms with van der Waals surface area (Å²) in [7, 11) is 0. The van der Waals surface area contributed by atoms with E-state index in [1.807, 2.05) is 0 Å². The zero-order valence-electron chi connectivity index (χ0n) is 15.5. The number of hydrogen-bond acceptors (Lipinski definition) is 4. The average Bonchev–Trinajstić information content (AvgIpc) is 3.38. The third-order valence-electron chi connectivity index (χ3n) is 8.96. The summed E-state index contributed by atoms with van der Waals surface area (Å²) in [5.41, 5.74) is 0.973. The molecule has 3 saturated carbocycles. The summed E-state index contributed by atoms with van der Waals surface area (Å²) in [6.45, 7) is 4.18. The van der Waals surface area contributed by atoms with Gasteiger partial charge in [0.05, 0.1) is 24.2 Å². The van der Waals surface area contributed by atoms with E-state index in [2.05, 4.69) is 26.0 Å². The van der Waals surface area contributed by atoms with Crippen molar-refractivity contribution in [1.29, 1.82) is 5.26 Å². The topological polar surface area (TPSA) is 81.3 Å². The highest BCUT2D eigenvalue weighted by molar-refractivity contribution is 5.92. The lowest BCUT2D eigenvalue weighted by atomic mass is 9.47. The molecule has 4 heteroatoms. The van der Waals surface area contributed by atoms with Gasteiger partial charge < -0.3 is 10.2 Å². The Labute approximate surface area is 154 Å². The molecule has 0 heterocycles. The van der Waals surface area contributed by atoms with Crippen LogP contribution in [0.1, 0.15) is 46.0 Å². The quantitative estimate of drug-likeness (QED) is 0.710. The number of rotatable bonds is 1. The van der Waals surface area contributed by atoms with E-state index in [0.717, 1.165) is 24.8 Å². The number of nitrogens with zero attached hydrogens (tertiary/aromatic N) is 1. The standard InChI is InChI=1S/C22H27NO3/c1-20-5-3-14(25)8-13(20)7-12(10-23)18-16(20)4-6-21(2)19(18)15-9-17(15)22(21,26)11-24/h4,8,12,15,17-19,24,26H,3,5-7,9,11H2,1-2H3/t12-,15+,17-,18?,19?,20-,21-,22-/m0/s1. The summed E-state index contributed by atoms with van der Waals surface area (Å²) in [6, 6.07) is 2.55. The van der Waals surface area contributed by atoms with Crippen molar-refractivity contribution in [2.24, 2.45) is 40.4 Å². The van der Waals surface area contributed by atoms with E-state index in [1.54, 1.807) is 6.08 Å². The lowest BCUT2D eigenvalue weighted by Gasteiger charge is -2.57. The van der Waals surface area contributed by atoms with Crippen LogP contribution < -0.4 is 0 Å². The normalized spacial score (nSPS) is 54.1. The Kier molecular flexibility index (Phi) is 3.14. The Morgan fingerprint density at radius 2 is 2.15 bits per heavy atom. The first-order valence-corrected chi connectivity index (χ1v) is 9.97. The molecule has 0 spiro atoms. The summed E-state index contributed by atoms with van der Waals surface area (Å²) in [6.07, 6.45) is 7.87. The van der Waals surface area contributed by atoms with Crippen molar-refractivity contribution in [3.8, 4) is 6.07 Å². The molecule has 5 aliphatic rings. The number of nitriles is 1. The van der Waals surface area contributed by atoms with Crippen LogP contribution in [-0.2, 0) is 4.79 Å². The molecule has 2 N–H and O–H groups in total. The van der Waals surface area contributed by atoms with Gasteiger partial charge in [-0.05, 0) is 49.5 Å². The molecule has 0 aromatic rings. The predicted octanol–water partition coefficient (Wildman–Crippen LogP) is 2.77. The number of ketones is 1. The highest BCUT2D eigenvalue weighted by Gasteiger charge is 2.75. The first kappa shape index (κ1) is 16.7. The molecule has 0 bridgehead atoms. The molecule has 26 heavy (non-hydrogen) atoms. The molecular weight excluding hydrogens is 326 g/mol. The molecular formula is C22H27NO3. The lowest BCUT2D eigenvalue weighted by molar-refractivity contribution is -0.134. The minimum absolute atomic E-state index is 0.114. The zero-order chi connectivity index (χ0) is 18.5. The minimum Gasteiger partial charge on any atom is -0.393 e. The Hall–Kier alpha value is -1.44. The Morgan fingerprint density at radius 1 is 1.38 bits per heavy atom. The number of allylic oxidation sites excluding steroid dienone is 4. The number of fused-ring (bicyclic) bond motifs is 7. The monoisotopic (exact) mass is 353 g/mol. The van der Waals surface area contributed by atoms with Crippen LogP contribution >= 0.6 is 0 Å². The van der Waals surface area contributed by atoms with Gasteiger partial charge in [-0.3, -0.25) is 4.79 Å². The van der Waals surface area contributed by atoms with E-state index >= 15 is 0 Å². The smallest absolute Gasteiger partial charge is 0.155 e. The van der Waals surface area contributed by atoms with Gasteiger partial charge in [-0.25, -0.2) is 0 Å². The molecule has 0 aromatic carbocycles. The van der Waals surface area contributed by atoms with Gasteiger partial charge >= 0.3 is 0 Å². The van der Waals surface area contributed by atoms with Crippen molar-refractivity contribution in [3.05, 3.63) is 23.3 Å². The van der Waals surface area contributed by atoms with Crippen LogP contribution in [0.4, 0.5) is 0 Å². The zero-order valence-corrected chi connectivity index (χ0v) is 15.5. The number of hydrogen-bond donors (Lipinski definition) is 2. The fourth-order valence-electron chi connectivity index (χ4n) is 7.39. The highest BCUT2D eigenvalue weighted by atomic mass is 16.3. The van der Waals surface area contributed by atoms with Gasteiger partial charge in [0.15, 0.2) is 5.78 Å². The maximum atomic E-state index is 12.0. The van der Waals surface area contributed by atoms with Crippen LogP contribution in [0.2, 0.25) is 0 Å². The van der Waals surface area contributed by atoms with Gasteiger partial charge in [0.2, 0.25) is 0 Å². The van der Waals surface area contributed by atoms with Crippen LogP contribution in [0.3, 0.4) is 0 Å². The molecule has 0 aliphatic heterocycles. The maximum absolute atomic E-state index is 12.0. The largest absolute Gasteiger partial charge is 0.393 e. The van der Waals surface area contributed by atoms with E-state index < -0.39 is 5.60 Å². The van der Waals surface area contributed by atoms with Crippen LogP contribution in [-0.4, -0.2) is 28.2 Å². The fraction of sp³-hybridized carbons (Fsp3) is 0.727. The summed E-state index contributed by atoms with van der Waals surface area (Å²) in [5.74, 6) is 1.04. The molecule has 0 saturated heterocycles. The van der Waals surface area contributed by atoms with Crippen molar-refractivity contribution < 1.29 is 15.0 Å². The van der Waals surface area contributed by atoms with E-state index in [0.29, 0.717) is 18.8 Å². The van der Waals surface area contributed by atoms with Gasteiger partial charge in [-0.15, -0.1) is 0 Å². The third kappa shape index (κ3) is 1.70. The Balaban J connectivity index is 1.66. The van der Waals surface area contributed by atoms with Crippen LogP contribution in [0.25, 0.3) is 0 Å². The predicted molar refractivity (Wildman–Crippen MR) is 95.6 cm³/mol. The molecule has 4 nitrogen and oxygen atoms in total. The number of carbonyl (C=O) groups excluding carboxylic acids is 1. The summed E-state index contributed by atoms with van der Waals surface area (Å²) < 4.78 is 0. The summed E-state index contributed by atoms with van der Waals surface area (Å²) >= 11 is 0. The molecule has 3 fully saturated rings. The lowest BCUT2D eigenvalue weighted by Crippen LogP contribution is -2.56. The molecule has 0 aromatic heterocycles. The van der Waals surface area contributed by atoms with Crippen molar-refractivity contribution in [2.75, 3.05) is 6.61 Å². The van der Waals surface area contributed by atoms with E-state index in [1.165, 1.54) is 5.57 Å². The van der Waals surface area contributed by atoms with E-state index in [4.69, 9.17) is 0 Å². The first-order valence-electron chi connectivity index (χ1n) is 9.97. The van der Waals surface area contributed by atoms with E-state index in [-0.39, 0.29) is 46.9 Å². The van der Waals surface area contributed by atoms with Gasteiger partial charge in [-0.1, -0.05) is 31.1 Å². The average molecular weight is 353 g/mol. The third-order valence-corrected chi connectivity index (χ3v) is 8.96. The minimum atomic E-state index is -1.02. The van der Waals surface area contributed by atoms with Crippen LogP contribution in [0.15, 0.2) is 23.3 Å². The molecule has 8 atom stereocenters. The second-order valence-electron chi connectivity index (χ2n) is 9.83. The van der Waals surface area contributed by atoms with E-state index in [9.17, 15) is 20.3 Å². The summed E-state index contributed by atoms with van der Waals surface area (Å²) in [5, 5.41) is 31.3. The second-order valence-corrected chi connectivity index (χ2v) is 9.83. The maximum Gasteiger partial charge on any atom is 0.155 e. The van der Waals surface area contributed by atoms with Crippen molar-refractivity contribution in [3.63, 3.8) is 0 Å². The highest BCUT2D eigenvalue weighted by Crippen LogP contribution is 2.76. The first-order chi connectivity index (χ1) is 12.3. The number of aliphatic hydroxyl groups excluding tert-OH is 1. The summed E-state index contributed by atoms with van der Waals surface area (Å²) in [4.78, 5) is 12.0. The van der Waals surface area contributed by atoms with Crippen molar-refractivity contribution in [1.82, 2.24) is 0 Å². The molecule has 5 aliphatic carbocycles. The molecule has 0 radical (unpaired) electrons. The van der Waals surface area contributed by atoms with Crippen LogP contribution in [0, 0.1) is 51.8 Å². The second kappa shape index (κ2) is 4.88. The van der Waals surface area contributed by atoms with Crippen molar-refractivity contribution in [2.45, 2.75) is 51.6 Å². The molecule has 5 rings (SSSR count). The van der Waals surface area contributed by atoms with Gasteiger partial charge in [-0.2, -0.15) is 5.26 Å². The Morgan fingerprint density at radius 3 is 2.85 bits per heavy atom. The molecule has 0 amide bonds. The van der Waals surface area contributed by atoms with Gasteiger partial charge in [0.1, 0.15) is 0 Å². The molecule has 2 unspecified atom stereocenters. The number of carbonyl (C=O) groups is 1. The van der Waals surface area contributed by atoms with Crippen LogP contribution in [0.5, 0.6) is 0 Å². The van der Waals surface area contributed by atoms with Crippen molar-refractivity contribution >= 4 is 5.78 Å². The van der Waals surface area contributed by atoms with Gasteiger partial charge in [0, 0.05) is 23.2 Å². The fourth-order valence-corrected chi connectivity index (χ4v) is 7.39. The molecule has 138 valence electrons. The number of aliphatic hydroxyl groups is 2. The Bertz CT molecular complexity index is 807.